The second-order valence-corrected chi connectivity index (χ2v) is 5.25. The summed E-state index contributed by atoms with van der Waals surface area (Å²) in [5.41, 5.74) is 0. The van der Waals surface area contributed by atoms with E-state index in [-0.39, 0.29) is 0 Å². The maximum Gasteiger partial charge on any atom is 0.0975 e. The largest absolute Gasteiger partial charge is 0.314 e. The summed E-state index contributed by atoms with van der Waals surface area (Å²) in [4.78, 5) is 0. The lowest BCUT2D eigenvalue weighted by atomic mass is 10.1. The van der Waals surface area contributed by atoms with Crippen molar-refractivity contribution >= 4 is 0 Å². The molecule has 0 radical (unpaired) electrons. The third-order valence-electron chi connectivity index (χ3n) is 3.54. The van der Waals surface area contributed by atoms with Gasteiger partial charge in [0, 0.05) is 0 Å². The summed E-state index contributed by atoms with van der Waals surface area (Å²) in [5, 5.41) is 0. The Bertz CT molecular complexity index is 203. The zero-order chi connectivity index (χ0) is 13.7. The van der Waals surface area contributed by atoms with Gasteiger partial charge in [-0.3, -0.25) is 0 Å². The van der Waals surface area contributed by atoms with Crippen LogP contribution in [-0.2, 0) is 0 Å². The third kappa shape index (κ3) is 7.50. The van der Waals surface area contributed by atoms with Crippen LogP contribution in [0.2, 0.25) is 0 Å². The summed E-state index contributed by atoms with van der Waals surface area (Å²) in [7, 11) is 0. The van der Waals surface area contributed by atoms with E-state index in [4.69, 9.17) is 0 Å². The lowest BCUT2D eigenvalue weighted by molar-refractivity contribution is -0.912. The van der Waals surface area contributed by atoms with E-state index in [9.17, 15) is 0 Å². The van der Waals surface area contributed by atoms with Gasteiger partial charge in [0.2, 0.25) is 0 Å². The molecule has 0 atom stereocenters. The van der Waals surface area contributed by atoms with E-state index in [1.165, 1.54) is 45.1 Å². The van der Waals surface area contributed by atoms with Crippen molar-refractivity contribution < 1.29 is 4.48 Å². The number of hydrogen-bond donors (Lipinski definition) is 0. The zero-order valence-electron chi connectivity index (χ0n) is 12.4. The van der Waals surface area contributed by atoms with Gasteiger partial charge in [0.05, 0.1) is 26.2 Å². The second-order valence-electron chi connectivity index (χ2n) is 5.25. The van der Waals surface area contributed by atoms with Crippen LogP contribution < -0.4 is 0 Å². The normalized spacial score (nSPS) is 11.2. The fraction of sp³-hybridized carbons (Fsp3) is 0.647. The molecule has 1 heteroatoms. The van der Waals surface area contributed by atoms with Crippen LogP contribution in [0.4, 0.5) is 0 Å². The number of quaternary nitrogens is 1. The Kier molecular flexibility index (Phi) is 10.8. The molecular weight excluding hydrogens is 218 g/mol. The fourth-order valence-electron chi connectivity index (χ4n) is 2.55. The fourth-order valence-corrected chi connectivity index (χ4v) is 2.55. The molecule has 104 valence electrons. The first-order chi connectivity index (χ1) is 8.74. The number of hydrogen-bond acceptors (Lipinski definition) is 0. The van der Waals surface area contributed by atoms with Crippen LogP contribution in [0.3, 0.4) is 0 Å². The second kappa shape index (κ2) is 11.3. The molecule has 0 aromatic carbocycles. The van der Waals surface area contributed by atoms with Gasteiger partial charge in [-0.1, -0.05) is 52.3 Å². The van der Waals surface area contributed by atoms with Gasteiger partial charge < -0.3 is 4.48 Å². The Morgan fingerprint density at radius 1 is 0.722 bits per heavy atom. The highest BCUT2D eigenvalue weighted by molar-refractivity contribution is 4.76. The van der Waals surface area contributed by atoms with Crippen molar-refractivity contribution in [2.75, 3.05) is 26.2 Å². The van der Waals surface area contributed by atoms with Crippen molar-refractivity contribution in [1.82, 2.24) is 0 Å². The molecule has 0 aromatic heterocycles. The quantitative estimate of drug-likeness (QED) is 0.252. The van der Waals surface area contributed by atoms with Crippen LogP contribution in [0.5, 0.6) is 0 Å². The molecule has 0 heterocycles. The topological polar surface area (TPSA) is 0 Å². The molecule has 0 N–H and O–H groups in total. The lowest BCUT2D eigenvalue weighted by Gasteiger charge is -2.36. The first-order valence-electron chi connectivity index (χ1n) is 7.42. The van der Waals surface area contributed by atoms with Gasteiger partial charge in [-0.25, -0.2) is 0 Å². The highest BCUT2D eigenvalue weighted by Crippen LogP contribution is 2.13. The van der Waals surface area contributed by atoms with E-state index in [0.717, 1.165) is 24.1 Å². The van der Waals surface area contributed by atoms with Gasteiger partial charge in [0.25, 0.3) is 0 Å². The van der Waals surface area contributed by atoms with E-state index in [0.29, 0.717) is 0 Å². The number of unbranched alkanes of at least 4 members (excludes halogenated alkanes) is 5. The minimum atomic E-state index is 1.02. The van der Waals surface area contributed by atoms with E-state index in [1.54, 1.807) is 0 Å². The molecular formula is C17H32N+. The number of rotatable bonds is 13. The molecule has 18 heavy (non-hydrogen) atoms. The van der Waals surface area contributed by atoms with Crippen molar-refractivity contribution in [3.05, 3.63) is 38.0 Å². The molecule has 0 saturated carbocycles. The van der Waals surface area contributed by atoms with Gasteiger partial charge in [-0.2, -0.15) is 0 Å². The minimum Gasteiger partial charge on any atom is -0.314 e. The van der Waals surface area contributed by atoms with Crippen molar-refractivity contribution in [3.63, 3.8) is 0 Å². The molecule has 0 aliphatic heterocycles. The van der Waals surface area contributed by atoms with Crippen LogP contribution in [0.25, 0.3) is 0 Å². The first-order valence-corrected chi connectivity index (χ1v) is 7.42. The van der Waals surface area contributed by atoms with Gasteiger partial charge in [-0.05, 0) is 31.1 Å². The summed E-state index contributed by atoms with van der Waals surface area (Å²) in [6, 6.07) is 0. The van der Waals surface area contributed by atoms with Crippen LogP contribution in [0.1, 0.15) is 45.4 Å². The summed E-state index contributed by atoms with van der Waals surface area (Å²) in [5.74, 6) is 0. The number of nitrogens with zero attached hydrogens (tertiary/aromatic N) is 1. The molecule has 0 amide bonds. The zero-order valence-corrected chi connectivity index (χ0v) is 12.4. The summed E-state index contributed by atoms with van der Waals surface area (Å²) < 4.78 is 1.05. The van der Waals surface area contributed by atoms with E-state index in [2.05, 4.69) is 26.7 Å². The monoisotopic (exact) mass is 250 g/mol. The Hall–Kier alpha value is -0.820. The summed E-state index contributed by atoms with van der Waals surface area (Å²) >= 11 is 0. The summed E-state index contributed by atoms with van der Waals surface area (Å²) in [6.45, 7) is 18.2. The molecule has 0 rings (SSSR count). The molecule has 0 aliphatic carbocycles. The molecule has 0 aliphatic rings. The Morgan fingerprint density at radius 2 is 1.17 bits per heavy atom. The molecule has 0 bridgehead atoms. The van der Waals surface area contributed by atoms with Crippen LogP contribution in [0.15, 0.2) is 38.0 Å². The predicted octanol–water partition coefficient (Wildman–Crippen LogP) is 4.72. The minimum absolute atomic E-state index is 1.02. The Balaban J connectivity index is 4.08. The van der Waals surface area contributed by atoms with Gasteiger partial charge in [0.1, 0.15) is 0 Å². The van der Waals surface area contributed by atoms with Crippen LogP contribution in [0, 0.1) is 0 Å². The van der Waals surface area contributed by atoms with Gasteiger partial charge in [-0.15, -0.1) is 0 Å². The van der Waals surface area contributed by atoms with Crippen molar-refractivity contribution in [3.8, 4) is 0 Å². The van der Waals surface area contributed by atoms with Gasteiger partial charge in [0.15, 0.2) is 0 Å². The molecule has 0 saturated heterocycles. The summed E-state index contributed by atoms with van der Waals surface area (Å²) in [6.07, 6.45) is 14.2. The van der Waals surface area contributed by atoms with Gasteiger partial charge >= 0.3 is 0 Å². The van der Waals surface area contributed by atoms with E-state index >= 15 is 0 Å². The maximum atomic E-state index is 3.89. The Morgan fingerprint density at radius 3 is 1.61 bits per heavy atom. The van der Waals surface area contributed by atoms with Crippen molar-refractivity contribution in [2.45, 2.75) is 45.4 Å². The van der Waals surface area contributed by atoms with Crippen molar-refractivity contribution in [2.24, 2.45) is 0 Å². The molecule has 0 unspecified atom stereocenters. The standard InChI is InChI=1S/C17H32N/c1-5-9-10-11-12-13-17-18(14-6-2,15-7-3)16-8-4/h6-8H,2-5,9-17H2,1H3/q+1. The predicted molar refractivity (Wildman–Crippen MR) is 83.7 cm³/mol. The van der Waals surface area contributed by atoms with Crippen LogP contribution >= 0.6 is 0 Å². The molecule has 0 fully saturated rings. The molecule has 0 aromatic rings. The average molecular weight is 250 g/mol. The first kappa shape index (κ1) is 17.2. The van der Waals surface area contributed by atoms with Crippen molar-refractivity contribution in [1.29, 1.82) is 0 Å². The third-order valence-corrected chi connectivity index (χ3v) is 3.54. The smallest absolute Gasteiger partial charge is 0.0975 e. The average Bonchev–Trinajstić information content (AvgIpc) is 2.35. The maximum absolute atomic E-state index is 3.89. The lowest BCUT2D eigenvalue weighted by Crippen LogP contribution is -2.49. The highest BCUT2D eigenvalue weighted by atomic mass is 15.3. The van der Waals surface area contributed by atoms with E-state index in [1.807, 2.05) is 18.2 Å². The SMILES string of the molecule is C=CC[N+](CC=C)(CC=C)CCCCCCCC. The Labute approximate surface area is 114 Å². The molecule has 0 spiro atoms. The highest BCUT2D eigenvalue weighted by Gasteiger charge is 2.21. The van der Waals surface area contributed by atoms with E-state index < -0.39 is 0 Å². The molecule has 1 nitrogen and oxygen atoms in total. The van der Waals surface area contributed by atoms with Crippen LogP contribution in [-0.4, -0.2) is 30.7 Å².